The minimum atomic E-state index is 0.0999. The molecule has 0 amide bonds. The van der Waals surface area contributed by atoms with Gasteiger partial charge in [0.25, 0.3) is 0 Å². The van der Waals surface area contributed by atoms with E-state index in [2.05, 4.69) is 72.8 Å². The molecule has 0 spiro atoms. The zero-order valence-corrected chi connectivity index (χ0v) is 21.0. The number of anilines is 2. The molecule has 5 rings (SSSR count). The molecule has 1 N–H and O–H groups in total. The fourth-order valence-electron chi connectivity index (χ4n) is 4.34. The summed E-state index contributed by atoms with van der Waals surface area (Å²) in [5, 5.41) is 4.60. The number of aromatic nitrogens is 4. The highest BCUT2D eigenvalue weighted by molar-refractivity contribution is 5.93. The first kappa shape index (κ1) is 22.7. The Labute approximate surface area is 205 Å². The zero-order chi connectivity index (χ0) is 24.7. The van der Waals surface area contributed by atoms with Crippen molar-refractivity contribution in [1.29, 1.82) is 0 Å². The van der Waals surface area contributed by atoms with Crippen molar-refractivity contribution >= 4 is 28.2 Å². The van der Waals surface area contributed by atoms with E-state index in [0.717, 1.165) is 50.9 Å². The van der Waals surface area contributed by atoms with Gasteiger partial charge in [-0.05, 0) is 50.1 Å². The number of aryl methyl sites for hydroxylation is 2. The summed E-state index contributed by atoms with van der Waals surface area (Å²) in [4.78, 5) is 16.1. The molecule has 0 aliphatic heterocycles. The van der Waals surface area contributed by atoms with Crippen molar-refractivity contribution in [3.05, 3.63) is 77.9 Å². The van der Waals surface area contributed by atoms with Crippen LogP contribution in [0.1, 0.15) is 29.9 Å². The normalized spacial score (nSPS) is 12.2. The molecule has 178 valence electrons. The zero-order valence-electron chi connectivity index (χ0n) is 21.0. The SMILES string of the molecule is COc1cc(-c2ccc3nc(C)nc(NC(C)c4cccc(C)c4)c3c2)cn2cc(N(C)C)nc12. The molecule has 35 heavy (non-hydrogen) atoms. The van der Waals surface area contributed by atoms with E-state index < -0.39 is 0 Å². The van der Waals surface area contributed by atoms with Gasteiger partial charge in [0.1, 0.15) is 17.5 Å². The molecular weight excluding hydrogens is 436 g/mol. The standard InChI is InChI=1S/C28H30N6O/c1-17-8-7-9-20(12-17)18(2)29-27-23-13-21(10-11-24(23)30-19(3)31-27)22-14-25(35-6)28-32-26(33(4)5)16-34(28)15-22/h7-16,18H,1-6H3,(H,29,30,31). The minimum absolute atomic E-state index is 0.0999. The molecule has 7 heteroatoms. The van der Waals surface area contributed by atoms with Gasteiger partial charge in [-0.3, -0.25) is 0 Å². The summed E-state index contributed by atoms with van der Waals surface area (Å²) in [6, 6.07) is 17.0. The number of hydrogen-bond acceptors (Lipinski definition) is 6. The fourth-order valence-corrected chi connectivity index (χ4v) is 4.34. The Hall–Kier alpha value is -4.13. The molecule has 2 aromatic carbocycles. The number of rotatable bonds is 6. The third kappa shape index (κ3) is 4.37. The molecule has 1 unspecified atom stereocenters. The maximum Gasteiger partial charge on any atom is 0.181 e. The highest BCUT2D eigenvalue weighted by atomic mass is 16.5. The topological polar surface area (TPSA) is 67.6 Å². The average molecular weight is 467 g/mol. The number of fused-ring (bicyclic) bond motifs is 2. The second-order valence-electron chi connectivity index (χ2n) is 9.15. The van der Waals surface area contributed by atoms with Crippen LogP contribution in [0.25, 0.3) is 27.7 Å². The smallest absolute Gasteiger partial charge is 0.181 e. The Morgan fingerprint density at radius 3 is 2.51 bits per heavy atom. The van der Waals surface area contributed by atoms with Crippen molar-refractivity contribution in [1.82, 2.24) is 19.4 Å². The summed E-state index contributed by atoms with van der Waals surface area (Å²) in [5.74, 6) is 3.16. The molecule has 3 heterocycles. The van der Waals surface area contributed by atoms with Crippen LogP contribution in [0.5, 0.6) is 5.75 Å². The Balaban J connectivity index is 1.60. The molecule has 1 atom stereocenters. The number of nitrogens with one attached hydrogen (secondary N) is 1. The second kappa shape index (κ2) is 8.91. The van der Waals surface area contributed by atoms with Crippen molar-refractivity contribution < 1.29 is 4.74 Å². The highest BCUT2D eigenvalue weighted by Gasteiger charge is 2.15. The molecule has 5 aromatic rings. The first-order valence-electron chi connectivity index (χ1n) is 11.7. The fraction of sp³-hybridized carbons (Fsp3) is 0.250. The van der Waals surface area contributed by atoms with E-state index in [1.165, 1.54) is 11.1 Å². The molecule has 0 radical (unpaired) electrons. The second-order valence-corrected chi connectivity index (χ2v) is 9.15. The number of imidazole rings is 1. The number of pyridine rings is 1. The third-order valence-electron chi connectivity index (χ3n) is 6.22. The van der Waals surface area contributed by atoms with E-state index in [9.17, 15) is 0 Å². The molecule has 0 aliphatic rings. The largest absolute Gasteiger partial charge is 0.493 e. The molecular formula is C28H30N6O. The molecule has 0 aliphatic carbocycles. The first-order chi connectivity index (χ1) is 16.8. The lowest BCUT2D eigenvalue weighted by molar-refractivity contribution is 0.417. The van der Waals surface area contributed by atoms with Gasteiger partial charge in [-0.15, -0.1) is 0 Å². The van der Waals surface area contributed by atoms with Gasteiger partial charge in [-0.2, -0.15) is 0 Å². The van der Waals surface area contributed by atoms with Crippen LogP contribution in [-0.4, -0.2) is 40.6 Å². The van der Waals surface area contributed by atoms with E-state index in [4.69, 9.17) is 14.7 Å². The summed E-state index contributed by atoms with van der Waals surface area (Å²) in [7, 11) is 5.63. The Morgan fingerprint density at radius 2 is 1.77 bits per heavy atom. The molecule has 0 saturated heterocycles. The lowest BCUT2D eigenvalue weighted by Crippen LogP contribution is -2.09. The van der Waals surface area contributed by atoms with Crippen molar-refractivity contribution in [2.75, 3.05) is 31.4 Å². The van der Waals surface area contributed by atoms with Crippen LogP contribution in [-0.2, 0) is 0 Å². The van der Waals surface area contributed by atoms with Crippen LogP contribution >= 0.6 is 0 Å². The maximum atomic E-state index is 5.68. The quantitative estimate of drug-likeness (QED) is 0.341. The van der Waals surface area contributed by atoms with Gasteiger partial charge in [0.15, 0.2) is 11.4 Å². The van der Waals surface area contributed by atoms with Gasteiger partial charge in [0.05, 0.1) is 18.8 Å². The van der Waals surface area contributed by atoms with Crippen LogP contribution in [0, 0.1) is 13.8 Å². The van der Waals surface area contributed by atoms with Gasteiger partial charge >= 0.3 is 0 Å². The summed E-state index contributed by atoms with van der Waals surface area (Å²) < 4.78 is 7.69. The summed E-state index contributed by atoms with van der Waals surface area (Å²) in [5.41, 5.74) is 6.23. The molecule has 0 fully saturated rings. The Bertz CT molecular complexity index is 1540. The van der Waals surface area contributed by atoms with E-state index in [0.29, 0.717) is 0 Å². The van der Waals surface area contributed by atoms with Gasteiger partial charge in [0, 0.05) is 37.3 Å². The lowest BCUT2D eigenvalue weighted by Gasteiger charge is -2.18. The summed E-state index contributed by atoms with van der Waals surface area (Å²) in [6.07, 6.45) is 4.09. The monoisotopic (exact) mass is 466 g/mol. The predicted molar refractivity (Wildman–Crippen MR) is 143 cm³/mol. The Kier molecular flexibility index (Phi) is 5.76. The maximum absolute atomic E-state index is 5.68. The van der Waals surface area contributed by atoms with Gasteiger partial charge < -0.3 is 19.4 Å². The van der Waals surface area contributed by atoms with E-state index in [1.54, 1.807) is 7.11 Å². The summed E-state index contributed by atoms with van der Waals surface area (Å²) >= 11 is 0. The van der Waals surface area contributed by atoms with Gasteiger partial charge in [0.2, 0.25) is 0 Å². The molecule has 0 saturated carbocycles. The highest BCUT2D eigenvalue weighted by Crippen LogP contribution is 2.33. The van der Waals surface area contributed by atoms with Crippen molar-refractivity contribution in [2.45, 2.75) is 26.8 Å². The number of ether oxygens (including phenoxy) is 1. The number of hydrogen-bond donors (Lipinski definition) is 1. The van der Waals surface area contributed by atoms with Gasteiger partial charge in [-0.1, -0.05) is 35.9 Å². The molecule has 0 bridgehead atoms. The number of nitrogens with zero attached hydrogens (tertiary/aromatic N) is 5. The van der Waals surface area contributed by atoms with Crippen LogP contribution in [0.3, 0.4) is 0 Å². The van der Waals surface area contributed by atoms with Crippen LogP contribution in [0.4, 0.5) is 11.6 Å². The number of methoxy groups -OCH3 is 1. The van der Waals surface area contributed by atoms with E-state index in [1.807, 2.05) is 42.6 Å². The molecule has 3 aromatic heterocycles. The number of benzene rings is 2. The first-order valence-corrected chi connectivity index (χ1v) is 11.7. The molecule has 7 nitrogen and oxygen atoms in total. The van der Waals surface area contributed by atoms with Crippen molar-refractivity contribution in [2.24, 2.45) is 0 Å². The lowest BCUT2D eigenvalue weighted by atomic mass is 10.0. The summed E-state index contributed by atoms with van der Waals surface area (Å²) in [6.45, 7) is 6.19. The predicted octanol–water partition coefficient (Wildman–Crippen LogP) is 5.81. The minimum Gasteiger partial charge on any atom is -0.493 e. The third-order valence-corrected chi connectivity index (χ3v) is 6.22. The van der Waals surface area contributed by atoms with Crippen molar-refractivity contribution in [3.63, 3.8) is 0 Å². The van der Waals surface area contributed by atoms with Gasteiger partial charge in [-0.25, -0.2) is 15.0 Å². The van der Waals surface area contributed by atoms with E-state index >= 15 is 0 Å². The van der Waals surface area contributed by atoms with Crippen molar-refractivity contribution in [3.8, 4) is 16.9 Å². The average Bonchev–Trinajstić information content (AvgIpc) is 3.28. The van der Waals surface area contributed by atoms with Crippen LogP contribution in [0.15, 0.2) is 60.9 Å². The van der Waals surface area contributed by atoms with E-state index in [-0.39, 0.29) is 6.04 Å². The van der Waals surface area contributed by atoms with Crippen LogP contribution < -0.4 is 15.0 Å². The van der Waals surface area contributed by atoms with Crippen LogP contribution in [0.2, 0.25) is 0 Å². The Morgan fingerprint density at radius 1 is 0.943 bits per heavy atom.